The van der Waals surface area contributed by atoms with Crippen molar-refractivity contribution < 1.29 is 24.2 Å². The Hall–Kier alpha value is -1.80. The molecule has 2 fully saturated rings. The van der Waals surface area contributed by atoms with Gasteiger partial charge in [0.15, 0.2) is 0 Å². The number of amides is 2. The lowest BCUT2D eigenvalue weighted by Crippen LogP contribution is -2.54. The van der Waals surface area contributed by atoms with E-state index in [2.05, 4.69) is 19.1 Å². The Morgan fingerprint density at radius 2 is 1.94 bits per heavy atom. The molecule has 4 aliphatic rings. The van der Waals surface area contributed by atoms with Crippen LogP contribution in [0.4, 0.5) is 0 Å². The van der Waals surface area contributed by atoms with Crippen LogP contribution >= 0.6 is 11.8 Å². The molecule has 1 N–H and O–H groups in total. The molecule has 0 aromatic heterocycles. The molecule has 4 aliphatic heterocycles. The van der Waals surface area contributed by atoms with Gasteiger partial charge in [0.25, 0.3) is 0 Å². The van der Waals surface area contributed by atoms with Crippen LogP contribution in [0.3, 0.4) is 0 Å². The fourth-order valence-electron chi connectivity index (χ4n) is 5.74. The van der Waals surface area contributed by atoms with Gasteiger partial charge in [-0.25, -0.2) is 0 Å². The normalized spacial score (nSPS) is 38.1. The second-order valence-corrected chi connectivity index (χ2v) is 11.1. The Bertz CT molecular complexity index is 829. The third-order valence-electron chi connectivity index (χ3n) is 7.21. The molecule has 176 valence electrons. The Kier molecular flexibility index (Phi) is 6.73. The zero-order chi connectivity index (χ0) is 22.9. The molecule has 0 bridgehead atoms. The van der Waals surface area contributed by atoms with Crippen molar-refractivity contribution in [3.05, 3.63) is 24.3 Å². The lowest BCUT2D eigenvalue weighted by Gasteiger charge is -2.36. The van der Waals surface area contributed by atoms with Crippen molar-refractivity contribution in [3.63, 3.8) is 0 Å². The van der Waals surface area contributed by atoms with Crippen molar-refractivity contribution in [3.8, 4) is 0 Å². The number of thioether (sulfide) groups is 1. The minimum absolute atomic E-state index is 0.0812. The minimum Gasteiger partial charge on any atom is -0.465 e. The molecule has 32 heavy (non-hydrogen) atoms. The third-order valence-corrected chi connectivity index (χ3v) is 9.00. The van der Waals surface area contributed by atoms with Crippen molar-refractivity contribution in [1.29, 1.82) is 0 Å². The number of β-amino-alcohol motifs (C(OH)–C–C–N with tert-alkyl or cyclic N) is 1. The molecule has 2 amide bonds. The maximum absolute atomic E-state index is 13.8. The van der Waals surface area contributed by atoms with Crippen LogP contribution < -0.4 is 0 Å². The van der Waals surface area contributed by atoms with Crippen LogP contribution in [0.1, 0.15) is 46.0 Å². The Balaban J connectivity index is 1.82. The van der Waals surface area contributed by atoms with Crippen LogP contribution in [-0.4, -0.2) is 81.1 Å². The Morgan fingerprint density at radius 1 is 1.12 bits per heavy atom. The van der Waals surface area contributed by atoms with Gasteiger partial charge in [-0.2, -0.15) is 0 Å². The summed E-state index contributed by atoms with van der Waals surface area (Å²) in [5.74, 6) is -2.07. The number of hydrogen-bond acceptors (Lipinski definition) is 6. The lowest BCUT2D eigenvalue weighted by molar-refractivity contribution is -0.154. The van der Waals surface area contributed by atoms with E-state index in [1.807, 2.05) is 24.0 Å². The van der Waals surface area contributed by atoms with Crippen molar-refractivity contribution in [2.24, 2.45) is 11.8 Å². The summed E-state index contributed by atoms with van der Waals surface area (Å²) in [5, 5.41) is 9.70. The highest BCUT2D eigenvalue weighted by Crippen LogP contribution is 2.65. The molecule has 4 rings (SSSR count). The summed E-state index contributed by atoms with van der Waals surface area (Å²) in [7, 11) is 0. The zero-order valence-corrected chi connectivity index (χ0v) is 19.8. The summed E-state index contributed by atoms with van der Waals surface area (Å²) in [5.41, 5.74) is 0. The summed E-state index contributed by atoms with van der Waals surface area (Å²) < 4.78 is 4.12. The first-order valence-electron chi connectivity index (χ1n) is 11.8. The molecule has 0 aromatic rings. The molecule has 0 saturated carbocycles. The number of carbonyl (C=O) groups excluding carboxylic acids is 3. The van der Waals surface area contributed by atoms with Gasteiger partial charge in [-0.15, -0.1) is 11.8 Å². The van der Waals surface area contributed by atoms with E-state index in [0.29, 0.717) is 19.7 Å². The molecule has 1 spiro atoms. The number of cyclic esters (lactones) is 1. The summed E-state index contributed by atoms with van der Waals surface area (Å²) in [6, 6.07) is -0.733. The molecule has 8 heteroatoms. The van der Waals surface area contributed by atoms with E-state index in [-0.39, 0.29) is 30.9 Å². The lowest BCUT2D eigenvalue weighted by atomic mass is 9.74. The van der Waals surface area contributed by atoms with Crippen LogP contribution in [0.5, 0.6) is 0 Å². The second kappa shape index (κ2) is 9.21. The number of allylic oxidation sites excluding steroid dienone is 1. The molecule has 2 saturated heterocycles. The molecular weight excluding hydrogens is 428 g/mol. The van der Waals surface area contributed by atoms with Crippen molar-refractivity contribution >= 4 is 29.5 Å². The van der Waals surface area contributed by atoms with E-state index >= 15 is 0 Å². The summed E-state index contributed by atoms with van der Waals surface area (Å²) in [4.78, 5) is 44.2. The number of hydrogen-bond donors (Lipinski definition) is 1. The van der Waals surface area contributed by atoms with Crippen LogP contribution in [0, 0.1) is 11.8 Å². The maximum Gasteiger partial charge on any atom is 0.311 e. The maximum atomic E-state index is 13.8. The first-order chi connectivity index (χ1) is 15.4. The van der Waals surface area contributed by atoms with Gasteiger partial charge in [-0.05, 0) is 32.6 Å². The van der Waals surface area contributed by atoms with Crippen LogP contribution in [0.2, 0.25) is 0 Å². The monoisotopic (exact) mass is 462 g/mol. The quantitative estimate of drug-likeness (QED) is 0.498. The summed E-state index contributed by atoms with van der Waals surface area (Å²) in [6.07, 6.45) is 12.6. The predicted molar refractivity (Wildman–Crippen MR) is 123 cm³/mol. The number of unbranched alkanes of at least 4 members (excludes halogenated alkanes) is 1. The first kappa shape index (κ1) is 23.4. The van der Waals surface area contributed by atoms with Crippen molar-refractivity contribution in [2.75, 3.05) is 32.8 Å². The average Bonchev–Trinajstić information content (AvgIpc) is 3.08. The average molecular weight is 463 g/mol. The second-order valence-electron chi connectivity index (χ2n) is 9.36. The van der Waals surface area contributed by atoms with E-state index in [0.717, 1.165) is 32.1 Å². The Morgan fingerprint density at radius 3 is 2.69 bits per heavy atom. The number of likely N-dealkylation sites (tertiary alicyclic amines) is 1. The highest BCUT2D eigenvalue weighted by Gasteiger charge is 2.73. The van der Waals surface area contributed by atoms with E-state index in [1.165, 1.54) is 4.90 Å². The first-order valence-corrected chi connectivity index (χ1v) is 12.6. The SMILES string of the molecule is CCCCN1CC=C[C@]23S[C@]4(C)/C=C\CCCCOC(=O)[C@@H]4[C@H]2C(=O)N(CCO)C3C1=O. The van der Waals surface area contributed by atoms with Crippen LogP contribution in [0.15, 0.2) is 24.3 Å². The van der Waals surface area contributed by atoms with Crippen LogP contribution in [0.25, 0.3) is 0 Å². The molecule has 7 nitrogen and oxygen atoms in total. The summed E-state index contributed by atoms with van der Waals surface area (Å²) in [6.45, 7) is 5.40. The fourth-order valence-corrected chi connectivity index (χ4v) is 7.89. The minimum atomic E-state index is -0.860. The van der Waals surface area contributed by atoms with Crippen LogP contribution in [-0.2, 0) is 19.1 Å². The predicted octanol–water partition coefficient (Wildman–Crippen LogP) is 2.15. The molecule has 0 aromatic carbocycles. The number of rotatable bonds is 5. The van der Waals surface area contributed by atoms with E-state index in [4.69, 9.17) is 4.74 Å². The van der Waals surface area contributed by atoms with Gasteiger partial charge < -0.3 is 19.6 Å². The largest absolute Gasteiger partial charge is 0.465 e. The number of nitrogens with zero attached hydrogens (tertiary/aromatic N) is 2. The number of aliphatic hydroxyl groups excluding tert-OH is 1. The standard InChI is InChI=1S/C24H34N2O5S/c1-3-4-12-25-13-9-11-24-17(20(28)26(14-15-27)19(24)21(25)29)18-22(30)31-16-8-6-5-7-10-23(18,2)32-24/h7,9-11,17-19,27H,3-6,8,12-16H2,1-2H3/b10-7-/t17-,18-,19?,23+,24-/m0/s1. The molecule has 5 atom stereocenters. The number of aliphatic hydroxyl groups is 1. The summed E-state index contributed by atoms with van der Waals surface area (Å²) >= 11 is 1.55. The molecular formula is C24H34N2O5S. The number of fused-ring (bicyclic) bond motifs is 2. The van der Waals surface area contributed by atoms with Gasteiger partial charge >= 0.3 is 5.97 Å². The topological polar surface area (TPSA) is 87.2 Å². The molecule has 1 unspecified atom stereocenters. The zero-order valence-electron chi connectivity index (χ0n) is 19.0. The molecule has 0 aliphatic carbocycles. The highest BCUT2D eigenvalue weighted by molar-refractivity contribution is 8.02. The van der Waals surface area contributed by atoms with Gasteiger partial charge in [0, 0.05) is 24.4 Å². The van der Waals surface area contributed by atoms with Crippen molar-refractivity contribution in [2.45, 2.75) is 61.5 Å². The van der Waals surface area contributed by atoms with Gasteiger partial charge in [0.05, 0.1) is 29.8 Å². The smallest absolute Gasteiger partial charge is 0.311 e. The van der Waals surface area contributed by atoms with Gasteiger partial charge in [0.2, 0.25) is 11.8 Å². The van der Waals surface area contributed by atoms with Crippen molar-refractivity contribution in [1.82, 2.24) is 9.80 Å². The highest BCUT2D eigenvalue weighted by atomic mass is 32.2. The molecule has 4 heterocycles. The number of carbonyl (C=O) groups is 3. The van der Waals surface area contributed by atoms with Gasteiger partial charge in [-0.3, -0.25) is 14.4 Å². The fraction of sp³-hybridized carbons (Fsp3) is 0.708. The number of ether oxygens (including phenoxy) is 1. The third kappa shape index (κ3) is 3.69. The number of esters is 1. The van der Waals surface area contributed by atoms with E-state index < -0.39 is 27.4 Å². The molecule has 0 radical (unpaired) electrons. The van der Waals surface area contributed by atoms with Gasteiger partial charge in [-0.1, -0.05) is 37.6 Å². The van der Waals surface area contributed by atoms with Gasteiger partial charge in [0.1, 0.15) is 6.04 Å². The van der Waals surface area contributed by atoms with E-state index in [9.17, 15) is 19.5 Å². The Labute approximate surface area is 194 Å². The van der Waals surface area contributed by atoms with E-state index in [1.54, 1.807) is 11.8 Å².